The number of cyclic esters (lactones) is 1. The molecular formula is C49H82N4O12. The van der Waals surface area contributed by atoms with Crippen LogP contribution in [0, 0.1) is 17.8 Å². The van der Waals surface area contributed by atoms with Crippen LogP contribution in [-0.2, 0) is 33.2 Å². The number of aliphatic hydroxyl groups excluding tert-OH is 1. The van der Waals surface area contributed by atoms with E-state index in [0.29, 0.717) is 25.3 Å². The molecule has 1 aromatic carbocycles. The van der Waals surface area contributed by atoms with Crippen molar-refractivity contribution in [2.45, 2.75) is 198 Å². The number of hydrogen-bond donors (Lipinski definition) is 7. The highest BCUT2D eigenvalue weighted by molar-refractivity contribution is 5.79. The van der Waals surface area contributed by atoms with Crippen molar-refractivity contribution in [1.82, 2.24) is 20.9 Å². The average Bonchev–Trinajstić information content (AvgIpc) is 3.26. The van der Waals surface area contributed by atoms with Gasteiger partial charge in [-0.3, -0.25) is 9.78 Å². The Hall–Kier alpha value is -2.58. The van der Waals surface area contributed by atoms with E-state index in [4.69, 9.17) is 33.2 Å². The zero-order valence-corrected chi connectivity index (χ0v) is 41.2. The second kappa shape index (κ2) is 22.2. The third kappa shape index (κ3) is 12.0. The average molecular weight is 919 g/mol. The summed E-state index contributed by atoms with van der Waals surface area (Å²) >= 11 is 0. The topological polar surface area (TPSA) is 212 Å². The van der Waals surface area contributed by atoms with Gasteiger partial charge in [0, 0.05) is 37.4 Å². The molecule has 3 fully saturated rings. The van der Waals surface area contributed by atoms with Crippen LogP contribution in [0.4, 0.5) is 0 Å². The van der Waals surface area contributed by atoms with Gasteiger partial charge in [0.1, 0.15) is 34.8 Å². The third-order valence-electron chi connectivity index (χ3n) is 14.6. The van der Waals surface area contributed by atoms with E-state index in [-0.39, 0.29) is 43.9 Å². The number of aliphatic hydroxyl groups is 4. The molecular weight excluding hydrogens is 837 g/mol. The molecule has 0 radical (unpaired) electrons. The second-order valence-corrected chi connectivity index (χ2v) is 20.0. The molecule has 7 N–H and O–H groups in total. The summed E-state index contributed by atoms with van der Waals surface area (Å²) in [6.07, 6.45) is -4.62. The quantitative estimate of drug-likeness (QED) is 0.111. The lowest BCUT2D eigenvalue weighted by Gasteiger charge is -2.53. The Morgan fingerprint density at radius 1 is 0.969 bits per heavy atom. The molecule has 0 saturated carbocycles. The summed E-state index contributed by atoms with van der Waals surface area (Å²) in [6, 6.07) is 8.87. The van der Waals surface area contributed by atoms with Crippen molar-refractivity contribution in [3.05, 3.63) is 36.5 Å². The molecule has 18 atom stereocenters. The Kier molecular flexibility index (Phi) is 18.3. The Morgan fingerprint density at radius 3 is 2.34 bits per heavy atom. The summed E-state index contributed by atoms with van der Waals surface area (Å²) in [5.74, 6) is -2.17. The van der Waals surface area contributed by atoms with E-state index in [1.807, 2.05) is 72.0 Å². The van der Waals surface area contributed by atoms with Gasteiger partial charge in [0.15, 0.2) is 18.7 Å². The van der Waals surface area contributed by atoms with E-state index >= 15 is 0 Å². The molecule has 1 aromatic heterocycles. The summed E-state index contributed by atoms with van der Waals surface area (Å²) in [6.45, 7) is 21.2. The minimum Gasteiger partial charge on any atom is -0.482 e. The third-order valence-corrected chi connectivity index (χ3v) is 14.6. The number of fused-ring (bicyclic) bond motifs is 1. The van der Waals surface area contributed by atoms with Crippen molar-refractivity contribution in [2.75, 3.05) is 33.8 Å². The van der Waals surface area contributed by atoms with Gasteiger partial charge in [-0.2, -0.15) is 0 Å². The molecule has 0 spiro atoms. The molecule has 16 heteroatoms. The number of carbonyl (C=O) groups excluding carboxylic acids is 1. The molecule has 370 valence electrons. The maximum Gasteiger partial charge on any atom is 0.311 e. The van der Waals surface area contributed by atoms with Gasteiger partial charge in [0.2, 0.25) is 0 Å². The molecule has 0 amide bonds. The highest BCUT2D eigenvalue weighted by atomic mass is 16.7. The number of likely N-dealkylation sites (N-methyl/N-ethyl adjacent to an activating group) is 1. The lowest BCUT2D eigenvalue weighted by molar-refractivity contribution is -0.335. The van der Waals surface area contributed by atoms with Crippen molar-refractivity contribution in [3.8, 4) is 5.75 Å². The first-order valence-corrected chi connectivity index (χ1v) is 23.9. The van der Waals surface area contributed by atoms with Crippen molar-refractivity contribution < 1.29 is 58.4 Å². The molecule has 0 aliphatic carbocycles. The van der Waals surface area contributed by atoms with Crippen LogP contribution in [-0.4, -0.2) is 155 Å². The minimum atomic E-state index is -1.83. The fraction of sp³-hybridized carbons (Fsp3) is 0.796. The van der Waals surface area contributed by atoms with Gasteiger partial charge < -0.3 is 69.5 Å². The van der Waals surface area contributed by atoms with Crippen molar-refractivity contribution in [1.29, 1.82) is 0 Å². The van der Waals surface area contributed by atoms with Gasteiger partial charge in [0.25, 0.3) is 0 Å². The second-order valence-electron chi connectivity index (χ2n) is 20.0. The van der Waals surface area contributed by atoms with Gasteiger partial charge in [-0.1, -0.05) is 45.9 Å². The minimum absolute atomic E-state index is 0.0902. The number of aromatic nitrogens is 1. The summed E-state index contributed by atoms with van der Waals surface area (Å²) in [5, 5.41) is 59.4. The van der Waals surface area contributed by atoms with E-state index in [1.165, 1.54) is 6.92 Å². The first kappa shape index (κ1) is 53.4. The van der Waals surface area contributed by atoms with Crippen LogP contribution >= 0.6 is 0 Å². The fourth-order valence-electron chi connectivity index (χ4n) is 10.4. The molecule has 0 bridgehead atoms. The van der Waals surface area contributed by atoms with Crippen molar-refractivity contribution >= 4 is 16.9 Å². The van der Waals surface area contributed by atoms with Gasteiger partial charge in [0.05, 0.1) is 53.7 Å². The van der Waals surface area contributed by atoms with E-state index in [2.05, 4.69) is 20.9 Å². The van der Waals surface area contributed by atoms with E-state index in [1.54, 1.807) is 47.9 Å². The lowest BCUT2D eigenvalue weighted by Crippen LogP contribution is -2.70. The maximum absolute atomic E-state index is 14.6. The molecule has 3 saturated heterocycles. The van der Waals surface area contributed by atoms with E-state index < -0.39 is 95.5 Å². The van der Waals surface area contributed by atoms with Crippen LogP contribution in [0.2, 0.25) is 0 Å². The van der Waals surface area contributed by atoms with Gasteiger partial charge in [-0.25, -0.2) is 0 Å². The van der Waals surface area contributed by atoms with Crippen LogP contribution in [0.1, 0.15) is 108 Å². The molecule has 10 unspecified atom stereocenters. The molecule has 3 aliphatic rings. The highest BCUT2D eigenvalue weighted by Crippen LogP contribution is 2.43. The number of nitrogens with one attached hydrogen (secondary N) is 3. The van der Waals surface area contributed by atoms with Crippen molar-refractivity contribution in [3.63, 3.8) is 0 Å². The smallest absolute Gasteiger partial charge is 0.311 e. The van der Waals surface area contributed by atoms with Gasteiger partial charge in [-0.05, 0) is 112 Å². The van der Waals surface area contributed by atoms with E-state index in [9.17, 15) is 25.2 Å². The van der Waals surface area contributed by atoms with Crippen LogP contribution < -0.4 is 20.7 Å². The fourth-order valence-corrected chi connectivity index (χ4v) is 10.4. The number of rotatable bonds is 13. The number of pyridine rings is 1. The summed E-state index contributed by atoms with van der Waals surface area (Å²) in [7, 11) is 3.41. The largest absolute Gasteiger partial charge is 0.482 e. The number of methoxy groups -OCH3 is 1. The number of hydrogen-bond acceptors (Lipinski definition) is 16. The monoisotopic (exact) mass is 919 g/mol. The number of esters is 1. The molecule has 16 nitrogen and oxygen atoms in total. The molecule has 2 aromatic rings. The van der Waals surface area contributed by atoms with Crippen molar-refractivity contribution in [2.24, 2.45) is 17.8 Å². The summed E-state index contributed by atoms with van der Waals surface area (Å²) in [4.78, 5) is 19.2. The number of carbonyl (C=O) groups is 1. The molecule has 65 heavy (non-hydrogen) atoms. The van der Waals surface area contributed by atoms with Crippen LogP contribution in [0.5, 0.6) is 5.75 Å². The van der Waals surface area contributed by atoms with Crippen LogP contribution in [0.15, 0.2) is 36.5 Å². The van der Waals surface area contributed by atoms with Crippen LogP contribution in [0.3, 0.4) is 0 Å². The van der Waals surface area contributed by atoms with E-state index in [0.717, 1.165) is 17.3 Å². The number of ether oxygens (including phenoxy) is 7. The Balaban J connectivity index is 1.60. The number of para-hydroxylation sites is 1. The predicted octanol–water partition coefficient (Wildman–Crippen LogP) is 4.22. The van der Waals surface area contributed by atoms with Gasteiger partial charge in [-0.15, -0.1) is 0 Å². The Bertz CT molecular complexity index is 1820. The maximum atomic E-state index is 14.6. The first-order valence-electron chi connectivity index (χ1n) is 23.9. The number of benzene rings is 1. The molecule has 4 heterocycles. The molecule has 5 rings (SSSR count). The highest BCUT2D eigenvalue weighted by Gasteiger charge is 2.58. The lowest BCUT2D eigenvalue weighted by atomic mass is 9.75. The summed E-state index contributed by atoms with van der Waals surface area (Å²) < 4.78 is 46.2. The summed E-state index contributed by atoms with van der Waals surface area (Å²) in [5.41, 5.74) is -5.19. The SMILES string of the molecule is CCCNC[C@]1(O)[C@H](C)O[C@@H](OC2C(C)C(=O)OC(CC)C(C)(O)C(O)C(C)NCC(C)CC(C)(O)C(O[C@@H]3O[C@H](C)C[C@H](NC)[C@H]3Oc3cnc4ccccc4c3)C2C)C[C@@]1(C)OC. The Morgan fingerprint density at radius 2 is 1.68 bits per heavy atom. The normalized spacial score (nSPS) is 42.8. The molecule has 3 aliphatic heterocycles. The zero-order valence-electron chi connectivity index (χ0n) is 41.2. The van der Waals surface area contributed by atoms with Gasteiger partial charge >= 0.3 is 5.97 Å². The zero-order chi connectivity index (χ0) is 48.1. The Labute approximate surface area is 387 Å². The van der Waals surface area contributed by atoms with Crippen LogP contribution in [0.25, 0.3) is 10.9 Å². The first-order chi connectivity index (χ1) is 30.5. The number of nitrogens with zero attached hydrogens (tertiary/aromatic N) is 1. The standard InChI is InChI=1S/C49H82N4O12/c1-14-20-51-27-49(58)33(8)61-39(24-47(49,10)59-13)64-40-30(5)43(46(9,56)23-28(3)25-52-32(7)42(54)48(11,57)38(15-2)63-44(55)31(40)6)65-45-41(37(50-12)21-29(4)60-45)62-35-22-34-18-16-17-19-36(34)53-26-35/h16-19,22,26,28-33,37-43,45,50-52,54,56-58H,14-15,20-21,23-25,27H2,1-13H3/t28?,29-,30?,31?,32?,33+,37+,38?,39+,40?,41-,42?,43?,45+,46?,47-,48?,49+/m1/s1. The predicted molar refractivity (Wildman–Crippen MR) is 247 cm³/mol.